The molecule has 1 aliphatic carbocycles. The summed E-state index contributed by atoms with van der Waals surface area (Å²) in [6, 6.07) is 0. The molecule has 2 unspecified atom stereocenters. The quantitative estimate of drug-likeness (QED) is 0.865. The summed E-state index contributed by atoms with van der Waals surface area (Å²) in [4.78, 5) is 16.1. The van der Waals surface area contributed by atoms with Crippen LogP contribution in [0.5, 0.6) is 0 Å². The van der Waals surface area contributed by atoms with Crippen molar-refractivity contribution in [3.8, 4) is 0 Å². The van der Waals surface area contributed by atoms with Crippen LogP contribution in [-0.4, -0.2) is 23.3 Å². The van der Waals surface area contributed by atoms with Crippen molar-refractivity contribution >= 4 is 17.5 Å². The van der Waals surface area contributed by atoms with E-state index < -0.39 is 0 Å². The number of rotatable bonds is 4. The van der Waals surface area contributed by atoms with Crippen LogP contribution in [0.2, 0.25) is 0 Å². The second kappa shape index (κ2) is 6.42. The number of aryl methyl sites for hydroxylation is 2. The lowest BCUT2D eigenvalue weighted by molar-refractivity contribution is 0.0906. The SMILES string of the molecule is Cc1nc(C)c(C(=O)NCC2CCCCC2CCl)o1. The Bertz CT molecular complexity index is 445. The topological polar surface area (TPSA) is 55.1 Å². The molecule has 0 spiro atoms. The number of oxazole rings is 1. The first-order valence-corrected chi connectivity index (χ1v) is 7.43. The largest absolute Gasteiger partial charge is 0.436 e. The fourth-order valence-electron chi connectivity index (χ4n) is 2.80. The monoisotopic (exact) mass is 284 g/mol. The van der Waals surface area contributed by atoms with Gasteiger partial charge in [-0.15, -0.1) is 11.6 Å². The van der Waals surface area contributed by atoms with Crippen molar-refractivity contribution < 1.29 is 9.21 Å². The zero-order valence-electron chi connectivity index (χ0n) is 11.5. The van der Waals surface area contributed by atoms with E-state index in [4.69, 9.17) is 16.0 Å². The molecule has 1 amide bonds. The fraction of sp³-hybridized carbons (Fsp3) is 0.714. The number of alkyl halides is 1. The van der Waals surface area contributed by atoms with Crippen LogP contribution in [-0.2, 0) is 0 Å². The van der Waals surface area contributed by atoms with Crippen LogP contribution in [0.1, 0.15) is 47.8 Å². The zero-order valence-corrected chi connectivity index (χ0v) is 12.3. The molecule has 19 heavy (non-hydrogen) atoms. The first-order valence-electron chi connectivity index (χ1n) is 6.90. The van der Waals surface area contributed by atoms with Gasteiger partial charge in [0.2, 0.25) is 5.76 Å². The minimum Gasteiger partial charge on any atom is -0.436 e. The van der Waals surface area contributed by atoms with Crippen LogP contribution in [0.4, 0.5) is 0 Å². The molecule has 5 heteroatoms. The van der Waals surface area contributed by atoms with E-state index in [9.17, 15) is 4.79 Å². The highest BCUT2D eigenvalue weighted by Gasteiger charge is 2.25. The molecule has 1 heterocycles. The Kier molecular flexibility index (Phi) is 4.86. The van der Waals surface area contributed by atoms with Crippen molar-refractivity contribution in [2.75, 3.05) is 12.4 Å². The number of carbonyl (C=O) groups is 1. The van der Waals surface area contributed by atoms with Gasteiger partial charge in [-0.1, -0.05) is 12.8 Å². The molecule has 2 atom stereocenters. The van der Waals surface area contributed by atoms with Gasteiger partial charge in [-0.05, 0) is 31.6 Å². The van der Waals surface area contributed by atoms with Crippen molar-refractivity contribution in [2.45, 2.75) is 39.5 Å². The standard InChI is InChI=1S/C14H21ClN2O2/c1-9-13(19-10(2)17-9)14(18)16-8-12-6-4-3-5-11(12)7-15/h11-12H,3-8H2,1-2H3,(H,16,18). The molecule has 106 valence electrons. The normalized spacial score (nSPS) is 23.3. The van der Waals surface area contributed by atoms with E-state index in [1.165, 1.54) is 19.3 Å². The molecule has 1 aromatic rings. The van der Waals surface area contributed by atoms with Crippen molar-refractivity contribution in [3.05, 3.63) is 17.3 Å². The Balaban J connectivity index is 1.91. The minimum atomic E-state index is -0.169. The van der Waals surface area contributed by atoms with E-state index in [-0.39, 0.29) is 5.91 Å². The molecule has 0 saturated heterocycles. The van der Waals surface area contributed by atoms with Crippen molar-refractivity contribution in [1.29, 1.82) is 0 Å². The van der Waals surface area contributed by atoms with Gasteiger partial charge in [0.25, 0.3) is 5.91 Å². The van der Waals surface area contributed by atoms with E-state index in [0.29, 0.717) is 41.6 Å². The van der Waals surface area contributed by atoms with Crippen LogP contribution in [0, 0.1) is 25.7 Å². The molecule has 1 aliphatic rings. The number of halogens is 1. The molecule has 1 saturated carbocycles. The van der Waals surface area contributed by atoms with E-state index >= 15 is 0 Å². The van der Waals surface area contributed by atoms with Crippen LogP contribution >= 0.6 is 11.6 Å². The predicted molar refractivity (Wildman–Crippen MR) is 74.5 cm³/mol. The summed E-state index contributed by atoms with van der Waals surface area (Å²) in [5, 5.41) is 2.96. The Morgan fingerprint density at radius 1 is 1.37 bits per heavy atom. The fourth-order valence-corrected chi connectivity index (χ4v) is 3.21. The number of amides is 1. The summed E-state index contributed by atoms with van der Waals surface area (Å²) in [7, 11) is 0. The van der Waals surface area contributed by atoms with E-state index in [1.54, 1.807) is 13.8 Å². The van der Waals surface area contributed by atoms with Gasteiger partial charge < -0.3 is 9.73 Å². The van der Waals surface area contributed by atoms with Crippen molar-refractivity contribution in [1.82, 2.24) is 10.3 Å². The van der Waals surface area contributed by atoms with Gasteiger partial charge in [-0.2, -0.15) is 0 Å². The van der Waals surface area contributed by atoms with Crippen molar-refractivity contribution in [2.24, 2.45) is 11.8 Å². The molecule has 0 aliphatic heterocycles. The number of hydrogen-bond donors (Lipinski definition) is 1. The molecular weight excluding hydrogens is 264 g/mol. The minimum absolute atomic E-state index is 0.169. The first-order chi connectivity index (χ1) is 9.11. The van der Waals surface area contributed by atoms with Crippen LogP contribution < -0.4 is 5.32 Å². The predicted octanol–water partition coefficient (Wildman–Crippen LogP) is 3.07. The second-order valence-electron chi connectivity index (χ2n) is 5.32. The lowest BCUT2D eigenvalue weighted by Gasteiger charge is -2.30. The first kappa shape index (κ1) is 14.4. The number of carbonyl (C=O) groups excluding carboxylic acids is 1. The summed E-state index contributed by atoms with van der Waals surface area (Å²) in [6.45, 7) is 4.21. The molecule has 0 radical (unpaired) electrons. The molecule has 4 nitrogen and oxygen atoms in total. The van der Waals surface area contributed by atoms with Crippen LogP contribution in [0.3, 0.4) is 0 Å². The van der Waals surface area contributed by atoms with E-state index in [1.807, 2.05) is 0 Å². The third-order valence-electron chi connectivity index (χ3n) is 3.90. The molecular formula is C14H21ClN2O2. The third-order valence-corrected chi connectivity index (χ3v) is 4.30. The van der Waals surface area contributed by atoms with Gasteiger partial charge in [0.1, 0.15) is 0 Å². The number of nitrogens with one attached hydrogen (secondary N) is 1. The van der Waals surface area contributed by atoms with Gasteiger partial charge >= 0.3 is 0 Å². The molecule has 0 aromatic carbocycles. The van der Waals surface area contributed by atoms with Gasteiger partial charge in [0, 0.05) is 19.3 Å². The Morgan fingerprint density at radius 2 is 2.05 bits per heavy atom. The molecule has 2 rings (SSSR count). The number of aromatic nitrogens is 1. The third kappa shape index (κ3) is 3.50. The van der Waals surface area contributed by atoms with Crippen LogP contribution in [0.15, 0.2) is 4.42 Å². The van der Waals surface area contributed by atoms with Gasteiger partial charge in [0.15, 0.2) is 5.89 Å². The van der Waals surface area contributed by atoms with Crippen LogP contribution in [0.25, 0.3) is 0 Å². The smallest absolute Gasteiger partial charge is 0.289 e. The van der Waals surface area contributed by atoms with Crippen molar-refractivity contribution in [3.63, 3.8) is 0 Å². The highest BCUT2D eigenvalue weighted by atomic mass is 35.5. The maximum atomic E-state index is 12.0. The Labute approximate surface area is 118 Å². The summed E-state index contributed by atoms with van der Waals surface area (Å²) in [6.07, 6.45) is 4.80. The lowest BCUT2D eigenvalue weighted by Crippen LogP contribution is -2.35. The maximum absolute atomic E-state index is 12.0. The average molecular weight is 285 g/mol. The van der Waals surface area contributed by atoms with E-state index in [0.717, 1.165) is 6.42 Å². The van der Waals surface area contributed by atoms with Gasteiger partial charge in [0.05, 0.1) is 5.69 Å². The summed E-state index contributed by atoms with van der Waals surface area (Å²) >= 11 is 5.99. The number of nitrogens with zero attached hydrogens (tertiary/aromatic N) is 1. The maximum Gasteiger partial charge on any atom is 0.289 e. The van der Waals surface area contributed by atoms with E-state index in [2.05, 4.69) is 10.3 Å². The molecule has 1 fully saturated rings. The number of hydrogen-bond acceptors (Lipinski definition) is 3. The Morgan fingerprint density at radius 3 is 2.63 bits per heavy atom. The summed E-state index contributed by atoms with van der Waals surface area (Å²) in [5.74, 6) is 2.38. The van der Waals surface area contributed by atoms with Gasteiger partial charge in [-0.3, -0.25) is 4.79 Å². The highest BCUT2D eigenvalue weighted by Crippen LogP contribution is 2.30. The molecule has 1 aromatic heterocycles. The lowest BCUT2D eigenvalue weighted by atomic mass is 9.80. The Hall–Kier alpha value is -1.03. The summed E-state index contributed by atoms with van der Waals surface area (Å²) in [5.41, 5.74) is 0.646. The van der Waals surface area contributed by atoms with Gasteiger partial charge in [-0.25, -0.2) is 4.98 Å². The molecule has 0 bridgehead atoms. The second-order valence-corrected chi connectivity index (χ2v) is 5.62. The summed E-state index contributed by atoms with van der Waals surface area (Å²) < 4.78 is 5.32. The zero-order chi connectivity index (χ0) is 13.8. The molecule has 1 N–H and O–H groups in total. The highest BCUT2D eigenvalue weighted by molar-refractivity contribution is 6.18. The average Bonchev–Trinajstić information content (AvgIpc) is 2.75.